The molecule has 2 unspecified atom stereocenters. The van der Waals surface area contributed by atoms with Gasteiger partial charge in [-0.3, -0.25) is 4.90 Å². The first kappa shape index (κ1) is 16.9. The van der Waals surface area contributed by atoms with Gasteiger partial charge in [0.25, 0.3) is 0 Å². The lowest BCUT2D eigenvalue weighted by atomic mass is 10.1. The zero-order chi connectivity index (χ0) is 13.1. The number of likely N-dealkylation sites (N-methyl/N-ethyl adjacent to an activating group) is 1. The Morgan fingerprint density at radius 3 is 2.47 bits per heavy atom. The highest BCUT2D eigenvalue weighted by Crippen LogP contribution is 2.22. The molecule has 0 bridgehead atoms. The Bertz CT molecular complexity index is 146. The van der Waals surface area contributed by atoms with Crippen molar-refractivity contribution >= 4 is 0 Å². The van der Waals surface area contributed by atoms with Crippen LogP contribution in [0.3, 0.4) is 0 Å². The van der Waals surface area contributed by atoms with Gasteiger partial charge in [-0.05, 0) is 38.4 Å². The van der Waals surface area contributed by atoms with Gasteiger partial charge in [0.15, 0.2) is 0 Å². The molecule has 3 nitrogen and oxygen atoms in total. The smallest absolute Gasteiger partial charge is 0.0223 e. The van der Waals surface area contributed by atoms with Crippen molar-refractivity contribution in [3.8, 4) is 0 Å². The molecule has 0 aromatic heterocycles. The maximum absolute atomic E-state index is 5.54. The van der Waals surface area contributed by atoms with E-state index in [4.69, 9.17) is 5.73 Å². The zero-order valence-electron chi connectivity index (χ0n) is 12.3. The van der Waals surface area contributed by atoms with E-state index in [9.17, 15) is 0 Å². The maximum atomic E-state index is 5.54. The second kappa shape index (κ2) is 11.0. The van der Waals surface area contributed by atoms with E-state index in [-0.39, 0.29) is 0 Å². The molecule has 0 radical (unpaired) electrons. The number of nitrogens with one attached hydrogen (secondary N) is 1. The molecule has 2 atom stereocenters. The molecule has 17 heavy (non-hydrogen) atoms. The van der Waals surface area contributed by atoms with Crippen LogP contribution in [-0.2, 0) is 0 Å². The number of rotatable bonds is 6. The molecule has 0 aromatic carbocycles. The van der Waals surface area contributed by atoms with Crippen LogP contribution in [0.4, 0.5) is 0 Å². The molecule has 3 heteroatoms. The number of nitrogens with two attached hydrogens (primary N) is 1. The third kappa shape index (κ3) is 7.74. The fraction of sp³-hybridized carbons (Fsp3) is 1.00. The van der Waals surface area contributed by atoms with Crippen molar-refractivity contribution in [1.29, 1.82) is 0 Å². The van der Waals surface area contributed by atoms with Crippen molar-refractivity contribution < 1.29 is 0 Å². The quantitative estimate of drug-likeness (QED) is 0.750. The van der Waals surface area contributed by atoms with Gasteiger partial charge in [-0.25, -0.2) is 0 Å². The minimum absolute atomic E-state index is 0.747. The predicted octanol–water partition coefficient (Wildman–Crippen LogP) is 2.07. The number of likely N-dealkylation sites (tertiary alicyclic amines) is 1. The minimum Gasteiger partial charge on any atom is -0.330 e. The number of hydrogen-bond donors (Lipinski definition) is 2. The summed E-state index contributed by atoms with van der Waals surface area (Å²) < 4.78 is 0. The second-order valence-corrected chi connectivity index (χ2v) is 5.15. The van der Waals surface area contributed by atoms with Crippen molar-refractivity contribution in [2.24, 2.45) is 11.7 Å². The van der Waals surface area contributed by atoms with Crippen molar-refractivity contribution in [2.45, 2.75) is 53.0 Å². The van der Waals surface area contributed by atoms with Crippen LogP contribution in [0.1, 0.15) is 47.0 Å². The fourth-order valence-electron chi connectivity index (χ4n) is 2.33. The maximum Gasteiger partial charge on any atom is 0.0223 e. The molecule has 3 N–H and O–H groups in total. The Labute approximate surface area is 108 Å². The highest BCUT2D eigenvalue weighted by molar-refractivity contribution is 4.84. The average Bonchev–Trinajstić information content (AvgIpc) is 2.65. The molecule has 1 aliphatic rings. The van der Waals surface area contributed by atoms with Crippen molar-refractivity contribution in [3.05, 3.63) is 0 Å². The van der Waals surface area contributed by atoms with Crippen molar-refractivity contribution in [3.63, 3.8) is 0 Å². The van der Waals surface area contributed by atoms with Crippen LogP contribution < -0.4 is 11.1 Å². The standard InChI is InChI=1S/C11H25N3.C3H8/c1-3-13-8-11-7-10(2)9-14(11)6-4-5-12;1-3-2/h10-11,13H,3-9,12H2,1-2H3;3H2,1-2H3. The average molecular weight is 243 g/mol. The summed E-state index contributed by atoms with van der Waals surface area (Å²) in [6, 6.07) is 0.747. The molecule has 1 rings (SSSR count). The van der Waals surface area contributed by atoms with Gasteiger partial charge < -0.3 is 11.1 Å². The highest BCUT2D eigenvalue weighted by Gasteiger charge is 2.28. The lowest BCUT2D eigenvalue weighted by molar-refractivity contribution is 0.244. The van der Waals surface area contributed by atoms with Gasteiger partial charge in [0.1, 0.15) is 0 Å². The van der Waals surface area contributed by atoms with Crippen LogP contribution in [0.25, 0.3) is 0 Å². The molecule has 0 amide bonds. The van der Waals surface area contributed by atoms with Gasteiger partial charge in [-0.1, -0.05) is 34.1 Å². The summed E-state index contributed by atoms with van der Waals surface area (Å²) in [5.74, 6) is 0.858. The van der Waals surface area contributed by atoms with Gasteiger partial charge in [-0.2, -0.15) is 0 Å². The topological polar surface area (TPSA) is 41.3 Å². The van der Waals surface area contributed by atoms with E-state index in [1.165, 1.54) is 25.9 Å². The summed E-state index contributed by atoms with van der Waals surface area (Å²) in [6.45, 7) is 14.2. The Kier molecular flexibility index (Phi) is 10.9. The highest BCUT2D eigenvalue weighted by atomic mass is 15.2. The fourth-order valence-corrected chi connectivity index (χ4v) is 2.33. The molecular formula is C14H33N3. The van der Waals surface area contributed by atoms with Crippen LogP contribution in [-0.4, -0.2) is 43.7 Å². The SMILES string of the molecule is CCC.CCNCC1CC(C)CN1CCCN. The number of hydrogen-bond acceptors (Lipinski definition) is 3. The second-order valence-electron chi connectivity index (χ2n) is 5.15. The van der Waals surface area contributed by atoms with Gasteiger partial charge in [0.2, 0.25) is 0 Å². The lowest BCUT2D eigenvalue weighted by Crippen LogP contribution is -2.38. The van der Waals surface area contributed by atoms with Crippen molar-refractivity contribution in [1.82, 2.24) is 10.2 Å². The van der Waals surface area contributed by atoms with E-state index in [0.717, 1.165) is 38.0 Å². The van der Waals surface area contributed by atoms with Crippen LogP contribution >= 0.6 is 0 Å². The summed E-state index contributed by atoms with van der Waals surface area (Å²) in [6.07, 6.45) is 3.73. The number of nitrogens with zero attached hydrogens (tertiary/aromatic N) is 1. The third-order valence-electron chi connectivity index (χ3n) is 3.02. The van der Waals surface area contributed by atoms with E-state index < -0.39 is 0 Å². The normalized spacial score (nSPS) is 24.5. The monoisotopic (exact) mass is 243 g/mol. The summed E-state index contributed by atoms with van der Waals surface area (Å²) in [7, 11) is 0. The molecule has 1 aliphatic heterocycles. The Morgan fingerprint density at radius 1 is 1.29 bits per heavy atom. The lowest BCUT2D eigenvalue weighted by Gasteiger charge is -2.24. The van der Waals surface area contributed by atoms with E-state index in [1.54, 1.807) is 0 Å². The van der Waals surface area contributed by atoms with Gasteiger partial charge in [0, 0.05) is 19.1 Å². The molecule has 0 saturated carbocycles. The molecule has 1 heterocycles. The molecule has 0 spiro atoms. The van der Waals surface area contributed by atoms with Crippen LogP contribution in [0.15, 0.2) is 0 Å². The third-order valence-corrected chi connectivity index (χ3v) is 3.02. The Hall–Kier alpha value is -0.120. The van der Waals surface area contributed by atoms with Crippen LogP contribution in [0.2, 0.25) is 0 Å². The van der Waals surface area contributed by atoms with E-state index >= 15 is 0 Å². The zero-order valence-corrected chi connectivity index (χ0v) is 12.3. The van der Waals surface area contributed by atoms with Gasteiger partial charge in [0.05, 0.1) is 0 Å². The largest absolute Gasteiger partial charge is 0.330 e. The summed E-state index contributed by atoms with van der Waals surface area (Å²) in [5, 5.41) is 3.44. The summed E-state index contributed by atoms with van der Waals surface area (Å²) in [5.41, 5.74) is 5.54. The van der Waals surface area contributed by atoms with E-state index in [2.05, 4.69) is 37.9 Å². The van der Waals surface area contributed by atoms with Gasteiger partial charge >= 0.3 is 0 Å². The van der Waals surface area contributed by atoms with Crippen molar-refractivity contribution in [2.75, 3.05) is 32.7 Å². The predicted molar refractivity (Wildman–Crippen MR) is 77.3 cm³/mol. The Morgan fingerprint density at radius 2 is 1.94 bits per heavy atom. The minimum atomic E-state index is 0.747. The summed E-state index contributed by atoms with van der Waals surface area (Å²) in [4.78, 5) is 2.60. The van der Waals surface area contributed by atoms with E-state index in [0.29, 0.717) is 0 Å². The first-order valence-electron chi connectivity index (χ1n) is 7.34. The Balaban J connectivity index is 0.000000770. The first-order valence-corrected chi connectivity index (χ1v) is 7.34. The van der Waals surface area contributed by atoms with Crippen LogP contribution in [0, 0.1) is 5.92 Å². The molecule has 1 saturated heterocycles. The van der Waals surface area contributed by atoms with Crippen LogP contribution in [0.5, 0.6) is 0 Å². The first-order chi connectivity index (χ1) is 8.19. The summed E-state index contributed by atoms with van der Waals surface area (Å²) >= 11 is 0. The molecule has 104 valence electrons. The molecular weight excluding hydrogens is 210 g/mol. The molecule has 0 aromatic rings. The van der Waals surface area contributed by atoms with Gasteiger partial charge in [-0.15, -0.1) is 0 Å². The van der Waals surface area contributed by atoms with E-state index in [1.807, 2.05) is 0 Å². The molecule has 0 aliphatic carbocycles. The molecule has 1 fully saturated rings.